The van der Waals surface area contributed by atoms with Crippen LogP contribution in [-0.2, 0) is 28.5 Å². The summed E-state index contributed by atoms with van der Waals surface area (Å²) >= 11 is 0. The standard InChI is InChI=1S/C20H22O8/c1-5-17(21)27-13(3)11-25-19(23)15-8-7-9-16(10-15)20(24)26-12-14(4)28-18(22)6-2/h5-10,13-14H,1-2,11-12H2,3-4H3. The number of ether oxygens (including phenoxy) is 4. The van der Waals surface area contributed by atoms with Gasteiger partial charge in [0.1, 0.15) is 25.4 Å². The smallest absolute Gasteiger partial charge is 0.338 e. The van der Waals surface area contributed by atoms with Crippen LogP contribution in [0.15, 0.2) is 49.6 Å². The highest BCUT2D eigenvalue weighted by Gasteiger charge is 2.16. The van der Waals surface area contributed by atoms with Gasteiger partial charge in [0.05, 0.1) is 11.1 Å². The molecule has 150 valence electrons. The Morgan fingerprint density at radius 3 is 1.61 bits per heavy atom. The monoisotopic (exact) mass is 390 g/mol. The first kappa shape index (κ1) is 22.6. The van der Waals surface area contributed by atoms with E-state index in [1.807, 2.05) is 0 Å². The minimum atomic E-state index is -0.690. The van der Waals surface area contributed by atoms with E-state index in [2.05, 4.69) is 13.2 Å². The molecule has 0 amide bonds. The number of rotatable bonds is 10. The summed E-state index contributed by atoms with van der Waals surface area (Å²) in [6.45, 7) is 9.35. The van der Waals surface area contributed by atoms with Gasteiger partial charge in [0.2, 0.25) is 0 Å². The van der Waals surface area contributed by atoms with Gasteiger partial charge in [-0.05, 0) is 32.0 Å². The summed E-state index contributed by atoms with van der Waals surface area (Å²) in [5, 5.41) is 0. The molecule has 0 aromatic heterocycles. The molecule has 0 aliphatic rings. The second-order valence-corrected chi connectivity index (χ2v) is 5.68. The summed E-state index contributed by atoms with van der Waals surface area (Å²) in [5.41, 5.74) is 0.255. The largest absolute Gasteiger partial charge is 0.458 e. The summed E-state index contributed by atoms with van der Waals surface area (Å²) in [6.07, 6.45) is 0.712. The van der Waals surface area contributed by atoms with Crippen molar-refractivity contribution in [3.63, 3.8) is 0 Å². The SMILES string of the molecule is C=CC(=O)OC(C)COC(=O)c1cccc(C(=O)OCC(C)OC(=O)C=C)c1. The molecule has 2 atom stereocenters. The lowest BCUT2D eigenvalue weighted by molar-refractivity contribution is -0.144. The Hall–Kier alpha value is -3.42. The molecular formula is C20H22O8. The summed E-state index contributed by atoms with van der Waals surface area (Å²) in [5.74, 6) is -2.63. The lowest BCUT2D eigenvalue weighted by atomic mass is 10.1. The van der Waals surface area contributed by atoms with Crippen LogP contribution in [0.2, 0.25) is 0 Å². The maximum Gasteiger partial charge on any atom is 0.338 e. The minimum absolute atomic E-state index is 0.128. The normalized spacial score (nSPS) is 12.1. The highest BCUT2D eigenvalue weighted by atomic mass is 16.6. The first-order valence-electron chi connectivity index (χ1n) is 8.37. The molecule has 1 rings (SSSR count). The van der Waals surface area contributed by atoms with Gasteiger partial charge in [0.15, 0.2) is 0 Å². The molecule has 1 aromatic carbocycles. The van der Waals surface area contributed by atoms with Gasteiger partial charge < -0.3 is 18.9 Å². The Labute approximate surface area is 162 Å². The van der Waals surface area contributed by atoms with Gasteiger partial charge in [0, 0.05) is 12.2 Å². The first-order chi connectivity index (χ1) is 13.3. The van der Waals surface area contributed by atoms with E-state index < -0.39 is 36.1 Å². The Balaban J connectivity index is 2.60. The molecule has 8 heteroatoms. The van der Waals surface area contributed by atoms with Crippen molar-refractivity contribution in [2.24, 2.45) is 0 Å². The van der Waals surface area contributed by atoms with Crippen molar-refractivity contribution >= 4 is 23.9 Å². The molecule has 0 spiro atoms. The van der Waals surface area contributed by atoms with E-state index in [1.54, 1.807) is 13.8 Å². The molecule has 0 radical (unpaired) electrons. The third-order valence-corrected chi connectivity index (χ3v) is 3.20. The number of carbonyl (C=O) groups is 4. The molecule has 2 unspecified atom stereocenters. The quantitative estimate of drug-likeness (QED) is 0.340. The van der Waals surface area contributed by atoms with E-state index in [1.165, 1.54) is 24.3 Å². The molecule has 0 aliphatic heterocycles. The lowest BCUT2D eigenvalue weighted by Crippen LogP contribution is -2.22. The van der Waals surface area contributed by atoms with Gasteiger partial charge in [-0.3, -0.25) is 0 Å². The topological polar surface area (TPSA) is 105 Å². The molecule has 8 nitrogen and oxygen atoms in total. The van der Waals surface area contributed by atoms with Crippen LogP contribution in [-0.4, -0.2) is 49.3 Å². The van der Waals surface area contributed by atoms with E-state index in [9.17, 15) is 19.2 Å². The molecule has 0 heterocycles. The van der Waals surface area contributed by atoms with Gasteiger partial charge in [0.25, 0.3) is 0 Å². The van der Waals surface area contributed by atoms with Crippen molar-refractivity contribution < 1.29 is 38.1 Å². The molecule has 0 saturated carbocycles. The average molecular weight is 390 g/mol. The van der Waals surface area contributed by atoms with Gasteiger partial charge in [-0.1, -0.05) is 19.2 Å². The molecule has 0 fully saturated rings. The van der Waals surface area contributed by atoms with Crippen LogP contribution in [0.1, 0.15) is 34.6 Å². The van der Waals surface area contributed by atoms with Crippen LogP contribution in [0.3, 0.4) is 0 Å². The molecule has 28 heavy (non-hydrogen) atoms. The molecule has 1 aromatic rings. The molecule has 0 saturated heterocycles. The van der Waals surface area contributed by atoms with Crippen LogP contribution >= 0.6 is 0 Å². The van der Waals surface area contributed by atoms with Crippen molar-refractivity contribution in [1.82, 2.24) is 0 Å². The fraction of sp³-hybridized carbons (Fsp3) is 0.300. The number of esters is 4. The minimum Gasteiger partial charge on any atom is -0.458 e. The van der Waals surface area contributed by atoms with Crippen molar-refractivity contribution in [3.8, 4) is 0 Å². The summed E-state index contributed by atoms with van der Waals surface area (Å²) in [6, 6.07) is 5.74. The van der Waals surface area contributed by atoms with Crippen LogP contribution in [0.4, 0.5) is 0 Å². The van der Waals surface area contributed by atoms with Crippen LogP contribution in [0.25, 0.3) is 0 Å². The van der Waals surface area contributed by atoms with Crippen molar-refractivity contribution in [2.75, 3.05) is 13.2 Å². The van der Waals surface area contributed by atoms with E-state index >= 15 is 0 Å². The average Bonchev–Trinajstić information content (AvgIpc) is 2.69. The van der Waals surface area contributed by atoms with Gasteiger partial charge in [-0.15, -0.1) is 0 Å². The van der Waals surface area contributed by atoms with Crippen LogP contribution in [0.5, 0.6) is 0 Å². The zero-order chi connectivity index (χ0) is 21.1. The van der Waals surface area contributed by atoms with E-state index in [0.29, 0.717) is 0 Å². The zero-order valence-electron chi connectivity index (χ0n) is 15.7. The predicted octanol–water partition coefficient (Wildman–Crippen LogP) is 2.24. The number of hydrogen-bond acceptors (Lipinski definition) is 8. The predicted molar refractivity (Wildman–Crippen MR) is 98.5 cm³/mol. The van der Waals surface area contributed by atoms with Crippen LogP contribution < -0.4 is 0 Å². The maximum atomic E-state index is 12.1. The molecule has 0 bridgehead atoms. The number of benzene rings is 1. The Morgan fingerprint density at radius 1 is 0.857 bits per heavy atom. The third kappa shape index (κ3) is 7.86. The highest BCUT2D eigenvalue weighted by molar-refractivity contribution is 5.95. The van der Waals surface area contributed by atoms with Crippen molar-refractivity contribution in [2.45, 2.75) is 26.1 Å². The Bertz CT molecular complexity index is 693. The van der Waals surface area contributed by atoms with Gasteiger partial charge in [-0.2, -0.15) is 0 Å². The summed E-state index contributed by atoms with van der Waals surface area (Å²) in [4.78, 5) is 46.4. The van der Waals surface area contributed by atoms with E-state index in [0.717, 1.165) is 12.2 Å². The van der Waals surface area contributed by atoms with Crippen molar-refractivity contribution in [1.29, 1.82) is 0 Å². The third-order valence-electron chi connectivity index (χ3n) is 3.20. The summed E-state index contributed by atoms with van der Waals surface area (Å²) < 4.78 is 19.9. The second-order valence-electron chi connectivity index (χ2n) is 5.68. The van der Waals surface area contributed by atoms with Gasteiger partial charge in [-0.25, -0.2) is 19.2 Å². The molecule has 0 aliphatic carbocycles. The highest BCUT2D eigenvalue weighted by Crippen LogP contribution is 2.10. The summed E-state index contributed by atoms with van der Waals surface area (Å²) in [7, 11) is 0. The van der Waals surface area contributed by atoms with Gasteiger partial charge >= 0.3 is 23.9 Å². The fourth-order valence-electron chi connectivity index (χ4n) is 1.89. The lowest BCUT2D eigenvalue weighted by Gasteiger charge is -2.13. The zero-order valence-corrected chi connectivity index (χ0v) is 15.7. The molecular weight excluding hydrogens is 368 g/mol. The van der Waals surface area contributed by atoms with E-state index in [-0.39, 0.29) is 24.3 Å². The Kier molecular flexibility index (Phi) is 9.15. The first-order valence-corrected chi connectivity index (χ1v) is 8.37. The Morgan fingerprint density at radius 2 is 1.25 bits per heavy atom. The van der Waals surface area contributed by atoms with Crippen LogP contribution in [0, 0.1) is 0 Å². The number of hydrogen-bond donors (Lipinski definition) is 0. The second kappa shape index (κ2) is 11.3. The maximum absolute atomic E-state index is 12.1. The van der Waals surface area contributed by atoms with Crippen molar-refractivity contribution in [3.05, 3.63) is 60.7 Å². The number of carbonyl (C=O) groups excluding carboxylic acids is 4. The molecule has 0 N–H and O–H groups in total. The van der Waals surface area contributed by atoms with E-state index in [4.69, 9.17) is 18.9 Å². The fourth-order valence-corrected chi connectivity index (χ4v) is 1.89.